The average molecular weight is 328 g/mol. The predicted octanol–water partition coefficient (Wildman–Crippen LogP) is 1.51. The van der Waals surface area contributed by atoms with Crippen molar-refractivity contribution < 1.29 is 9.53 Å². The van der Waals surface area contributed by atoms with Crippen molar-refractivity contribution in [1.82, 2.24) is 19.8 Å². The number of rotatable bonds is 5. The number of nitrogens with zero attached hydrogens (tertiary/aromatic N) is 3. The van der Waals surface area contributed by atoms with E-state index in [1.165, 1.54) is 39.6 Å². The maximum atomic E-state index is 12.0. The van der Waals surface area contributed by atoms with E-state index in [4.69, 9.17) is 4.74 Å². The molecule has 1 N–H and O–H groups in total. The van der Waals surface area contributed by atoms with Gasteiger partial charge >= 0.3 is 5.97 Å². The summed E-state index contributed by atoms with van der Waals surface area (Å²) in [5.41, 5.74) is 2.27. The fraction of sp³-hybridized carbons (Fsp3) is 0.556. The smallest absolute Gasteiger partial charge is 0.340 e. The molecule has 3 fully saturated rings. The van der Waals surface area contributed by atoms with Gasteiger partial charge in [-0.15, -0.1) is 0 Å². The van der Waals surface area contributed by atoms with E-state index in [1.54, 1.807) is 6.07 Å². The molecule has 24 heavy (non-hydrogen) atoms. The molecule has 1 unspecified atom stereocenters. The van der Waals surface area contributed by atoms with Crippen molar-refractivity contribution in [3.63, 3.8) is 0 Å². The molecule has 3 aliphatic rings. The van der Waals surface area contributed by atoms with Gasteiger partial charge in [0.1, 0.15) is 0 Å². The zero-order chi connectivity index (χ0) is 16.5. The van der Waals surface area contributed by atoms with Crippen molar-refractivity contribution in [3.05, 3.63) is 30.1 Å². The highest BCUT2D eigenvalue weighted by molar-refractivity contribution is 6.02. The highest BCUT2D eigenvalue weighted by Crippen LogP contribution is 2.27. The third-order valence-corrected chi connectivity index (χ3v) is 5.46. The van der Waals surface area contributed by atoms with Gasteiger partial charge in [0.15, 0.2) is 0 Å². The lowest BCUT2D eigenvalue weighted by Crippen LogP contribution is -2.56. The van der Waals surface area contributed by atoms with Crippen LogP contribution in [-0.4, -0.2) is 59.8 Å². The first kappa shape index (κ1) is 15.6. The number of nitrogens with one attached hydrogen (secondary N) is 1. The topological polar surface area (TPSA) is 59.4 Å². The third-order valence-electron chi connectivity index (χ3n) is 5.46. The lowest BCUT2D eigenvalue weighted by Gasteiger charge is -2.45. The largest absolute Gasteiger partial charge is 0.465 e. The third kappa shape index (κ3) is 2.80. The molecule has 0 radical (unpaired) electrons. The van der Waals surface area contributed by atoms with Crippen molar-refractivity contribution >= 4 is 17.0 Å². The fourth-order valence-electron chi connectivity index (χ4n) is 4.14. The summed E-state index contributed by atoms with van der Waals surface area (Å²) in [6, 6.07) is 6.17. The van der Waals surface area contributed by atoms with Crippen LogP contribution in [0.3, 0.4) is 0 Å². The molecule has 4 heterocycles. The number of aromatic nitrogens is 2. The molecule has 2 aromatic rings. The summed E-state index contributed by atoms with van der Waals surface area (Å²) in [4.78, 5) is 19.0. The highest BCUT2D eigenvalue weighted by Gasteiger charge is 2.33. The van der Waals surface area contributed by atoms with Gasteiger partial charge < -0.3 is 19.5 Å². The Morgan fingerprint density at radius 2 is 2.21 bits per heavy atom. The molecule has 2 bridgehead atoms. The number of benzene rings is 1. The Morgan fingerprint density at radius 3 is 2.92 bits per heavy atom. The number of piperidine rings is 3. The van der Waals surface area contributed by atoms with E-state index >= 15 is 0 Å². The van der Waals surface area contributed by atoms with Gasteiger partial charge in [-0.25, -0.2) is 9.78 Å². The maximum Gasteiger partial charge on any atom is 0.340 e. The van der Waals surface area contributed by atoms with Gasteiger partial charge in [-0.05, 0) is 44.0 Å². The molecule has 3 saturated heterocycles. The second-order valence-corrected chi connectivity index (χ2v) is 6.80. The Balaban J connectivity index is 1.46. The Kier molecular flexibility index (Phi) is 4.24. The van der Waals surface area contributed by atoms with Crippen LogP contribution in [0.15, 0.2) is 24.5 Å². The summed E-state index contributed by atoms with van der Waals surface area (Å²) in [7, 11) is 1.41. The maximum absolute atomic E-state index is 12.0. The van der Waals surface area contributed by atoms with Gasteiger partial charge in [0.25, 0.3) is 0 Å². The van der Waals surface area contributed by atoms with Crippen LogP contribution in [0, 0.1) is 5.92 Å². The first-order valence-electron chi connectivity index (χ1n) is 8.74. The van der Waals surface area contributed by atoms with Crippen LogP contribution in [0.25, 0.3) is 11.0 Å². The quantitative estimate of drug-likeness (QED) is 0.843. The van der Waals surface area contributed by atoms with Gasteiger partial charge in [-0.3, -0.25) is 0 Å². The number of esters is 1. The molecule has 1 aromatic carbocycles. The van der Waals surface area contributed by atoms with E-state index < -0.39 is 0 Å². The Bertz CT molecular complexity index is 734. The van der Waals surface area contributed by atoms with Crippen LogP contribution < -0.4 is 5.32 Å². The number of para-hydroxylation sites is 1. The minimum Gasteiger partial charge on any atom is -0.465 e. The van der Waals surface area contributed by atoms with Gasteiger partial charge in [0.2, 0.25) is 0 Å². The number of hydrogen-bond acceptors (Lipinski definition) is 5. The summed E-state index contributed by atoms with van der Waals surface area (Å²) >= 11 is 0. The van der Waals surface area contributed by atoms with Gasteiger partial charge in [0.05, 0.1) is 30.0 Å². The Hall–Kier alpha value is -1.92. The van der Waals surface area contributed by atoms with Crippen molar-refractivity contribution in [2.24, 2.45) is 5.92 Å². The normalized spacial score (nSPS) is 26.0. The first-order chi connectivity index (χ1) is 11.8. The molecule has 128 valence electrons. The first-order valence-corrected chi connectivity index (χ1v) is 8.74. The van der Waals surface area contributed by atoms with Crippen LogP contribution in [0.4, 0.5) is 0 Å². The zero-order valence-electron chi connectivity index (χ0n) is 14.1. The molecule has 6 heteroatoms. The summed E-state index contributed by atoms with van der Waals surface area (Å²) in [6.07, 6.45) is 4.45. The predicted molar refractivity (Wildman–Crippen MR) is 92.0 cm³/mol. The van der Waals surface area contributed by atoms with Crippen LogP contribution in [0.5, 0.6) is 0 Å². The molecular formula is C18H24N4O2. The van der Waals surface area contributed by atoms with Crippen LogP contribution in [0.2, 0.25) is 0 Å². The van der Waals surface area contributed by atoms with Crippen molar-refractivity contribution in [1.29, 1.82) is 0 Å². The number of fused-ring (bicyclic) bond motifs is 4. The molecule has 0 saturated carbocycles. The molecule has 5 rings (SSSR count). The Labute approximate surface area is 141 Å². The minimum atomic E-state index is -0.312. The second-order valence-electron chi connectivity index (χ2n) is 6.80. The van der Waals surface area contributed by atoms with Gasteiger partial charge in [-0.2, -0.15) is 0 Å². The Morgan fingerprint density at radius 1 is 1.38 bits per heavy atom. The molecule has 6 nitrogen and oxygen atoms in total. The molecule has 0 aliphatic carbocycles. The molecule has 0 spiro atoms. The summed E-state index contributed by atoms with van der Waals surface area (Å²) in [6.45, 7) is 5.38. The number of ether oxygens (including phenoxy) is 1. The van der Waals surface area contributed by atoms with Crippen LogP contribution >= 0.6 is 0 Å². The van der Waals surface area contributed by atoms with E-state index in [0.29, 0.717) is 11.6 Å². The molecule has 1 atom stereocenters. The van der Waals surface area contributed by atoms with E-state index in [9.17, 15) is 4.79 Å². The summed E-state index contributed by atoms with van der Waals surface area (Å²) < 4.78 is 6.95. The molecule has 0 amide bonds. The monoisotopic (exact) mass is 328 g/mol. The van der Waals surface area contributed by atoms with Crippen LogP contribution in [-0.2, 0) is 11.3 Å². The summed E-state index contributed by atoms with van der Waals surface area (Å²) in [5.74, 6) is 0.507. The number of imidazole rings is 1. The van der Waals surface area contributed by atoms with Crippen molar-refractivity contribution in [2.45, 2.75) is 25.4 Å². The number of carbonyl (C=O) groups excluding carboxylic acids is 1. The molecular weight excluding hydrogens is 304 g/mol. The van der Waals surface area contributed by atoms with Gasteiger partial charge in [0, 0.05) is 25.7 Å². The van der Waals surface area contributed by atoms with Gasteiger partial charge in [-0.1, -0.05) is 6.07 Å². The molecule has 1 aromatic heterocycles. The molecule has 3 aliphatic heterocycles. The second kappa shape index (κ2) is 6.53. The standard InChI is InChI=1S/C18H24N4O2/c1-24-18(23)14-3-2-4-15-17(14)22(12-20-15)10-7-19-16-11-21-8-5-13(16)6-9-21/h2-4,12-13,16,19H,5-11H2,1H3. The zero-order valence-corrected chi connectivity index (χ0v) is 14.1. The highest BCUT2D eigenvalue weighted by atomic mass is 16.5. The summed E-state index contributed by atoms with van der Waals surface area (Å²) in [5, 5.41) is 3.71. The van der Waals surface area contributed by atoms with E-state index in [1.807, 2.05) is 18.5 Å². The number of hydrogen-bond donors (Lipinski definition) is 1. The number of methoxy groups -OCH3 is 1. The minimum absolute atomic E-state index is 0.312. The average Bonchev–Trinajstić information content (AvgIpc) is 3.05. The number of carbonyl (C=O) groups is 1. The lowest BCUT2D eigenvalue weighted by atomic mass is 9.84. The van der Waals surface area contributed by atoms with Crippen LogP contribution in [0.1, 0.15) is 23.2 Å². The fourth-order valence-corrected chi connectivity index (χ4v) is 4.14. The van der Waals surface area contributed by atoms with Crippen molar-refractivity contribution in [3.8, 4) is 0 Å². The van der Waals surface area contributed by atoms with E-state index in [-0.39, 0.29) is 5.97 Å². The van der Waals surface area contributed by atoms with Crippen molar-refractivity contribution in [2.75, 3.05) is 33.3 Å². The lowest BCUT2D eigenvalue weighted by molar-refractivity contribution is 0.0602. The SMILES string of the molecule is COC(=O)c1cccc2ncn(CCNC3CN4CCC3CC4)c12. The van der Waals surface area contributed by atoms with E-state index in [0.717, 1.165) is 30.0 Å². The van der Waals surface area contributed by atoms with E-state index in [2.05, 4.69) is 19.8 Å².